The van der Waals surface area contributed by atoms with E-state index in [2.05, 4.69) is 11.9 Å². The van der Waals surface area contributed by atoms with Gasteiger partial charge < -0.3 is 15.3 Å². The predicted molar refractivity (Wildman–Crippen MR) is 48.3 cm³/mol. The van der Waals surface area contributed by atoms with Crippen LogP contribution in [0, 0.1) is 0 Å². The second kappa shape index (κ2) is 6.19. The topological polar surface area (TPSA) is 69.6 Å². The van der Waals surface area contributed by atoms with Gasteiger partial charge in [0.1, 0.15) is 6.54 Å². The number of hydrogen-bond acceptors (Lipinski definition) is 3. The Kier molecular flexibility index (Phi) is 5.54. The molecular formula is C8H14N2O3. The molecule has 0 heterocycles. The molecule has 0 unspecified atom stereocenters. The number of likely N-dealkylation sites (N-methyl/N-ethyl adjacent to an activating group) is 1. The summed E-state index contributed by atoms with van der Waals surface area (Å²) in [5.74, 6) is -1.26. The number of nitrogens with one attached hydrogen (secondary N) is 1. The summed E-state index contributed by atoms with van der Waals surface area (Å²) in [6, 6.07) is 0. The van der Waals surface area contributed by atoms with Crippen LogP contribution in [0.1, 0.15) is 0 Å². The van der Waals surface area contributed by atoms with Crippen molar-refractivity contribution >= 4 is 11.9 Å². The number of carboxylic acids is 1. The van der Waals surface area contributed by atoms with Gasteiger partial charge in [0.15, 0.2) is 0 Å². The largest absolute Gasteiger partial charge is 0.480 e. The summed E-state index contributed by atoms with van der Waals surface area (Å²) in [4.78, 5) is 22.5. The summed E-state index contributed by atoms with van der Waals surface area (Å²) in [6.45, 7) is 3.87. The Morgan fingerprint density at radius 1 is 1.62 bits per heavy atom. The van der Waals surface area contributed by atoms with Gasteiger partial charge in [-0.25, -0.2) is 0 Å². The molecule has 0 aromatic carbocycles. The number of carboxylic acid groups (broad SMARTS) is 1. The minimum Gasteiger partial charge on any atom is -0.480 e. The Labute approximate surface area is 77.0 Å². The van der Waals surface area contributed by atoms with Gasteiger partial charge in [0.25, 0.3) is 0 Å². The van der Waals surface area contributed by atoms with Gasteiger partial charge in [0.2, 0.25) is 5.91 Å². The average molecular weight is 186 g/mol. The van der Waals surface area contributed by atoms with E-state index in [1.165, 1.54) is 7.05 Å². The van der Waals surface area contributed by atoms with Crippen LogP contribution in [-0.2, 0) is 9.59 Å². The van der Waals surface area contributed by atoms with Crippen molar-refractivity contribution in [1.29, 1.82) is 0 Å². The van der Waals surface area contributed by atoms with E-state index >= 15 is 0 Å². The van der Waals surface area contributed by atoms with Crippen molar-refractivity contribution in [1.82, 2.24) is 10.2 Å². The lowest BCUT2D eigenvalue weighted by Crippen LogP contribution is -2.38. The minimum atomic E-state index is -1.01. The Morgan fingerprint density at radius 2 is 2.23 bits per heavy atom. The standard InChI is InChI=1S/C8H14N2O3/c1-3-4-9-5-7(11)10(2)6-8(12)13/h3,9H,1,4-6H2,2H3,(H,12,13). The molecular weight excluding hydrogens is 172 g/mol. The highest BCUT2D eigenvalue weighted by Crippen LogP contribution is 1.82. The molecule has 0 atom stereocenters. The minimum absolute atomic E-state index is 0.135. The molecule has 0 saturated heterocycles. The zero-order valence-electron chi connectivity index (χ0n) is 7.62. The van der Waals surface area contributed by atoms with Crippen LogP contribution >= 0.6 is 0 Å². The highest BCUT2D eigenvalue weighted by atomic mass is 16.4. The van der Waals surface area contributed by atoms with Crippen molar-refractivity contribution in [3.05, 3.63) is 12.7 Å². The van der Waals surface area contributed by atoms with Crippen molar-refractivity contribution in [3.63, 3.8) is 0 Å². The third-order valence-electron chi connectivity index (χ3n) is 1.36. The fourth-order valence-corrected chi connectivity index (χ4v) is 0.707. The van der Waals surface area contributed by atoms with Crippen LogP contribution in [0.3, 0.4) is 0 Å². The Morgan fingerprint density at radius 3 is 2.69 bits per heavy atom. The van der Waals surface area contributed by atoms with Crippen molar-refractivity contribution in [3.8, 4) is 0 Å². The summed E-state index contributed by atoms with van der Waals surface area (Å²) < 4.78 is 0. The normalized spacial score (nSPS) is 9.31. The molecule has 0 radical (unpaired) electrons. The molecule has 1 amide bonds. The summed E-state index contributed by atoms with van der Waals surface area (Å²) >= 11 is 0. The fraction of sp³-hybridized carbons (Fsp3) is 0.500. The number of carbonyl (C=O) groups is 2. The zero-order valence-corrected chi connectivity index (χ0v) is 7.62. The molecule has 0 aliphatic carbocycles. The van der Waals surface area contributed by atoms with Gasteiger partial charge >= 0.3 is 5.97 Å². The quantitative estimate of drug-likeness (QED) is 0.425. The molecule has 5 nitrogen and oxygen atoms in total. The Balaban J connectivity index is 3.69. The number of carbonyl (C=O) groups excluding carboxylic acids is 1. The van der Waals surface area contributed by atoms with Crippen LogP contribution in [0.25, 0.3) is 0 Å². The average Bonchev–Trinajstić information content (AvgIpc) is 2.03. The number of nitrogens with zero attached hydrogens (tertiary/aromatic N) is 1. The highest BCUT2D eigenvalue weighted by Gasteiger charge is 2.10. The third-order valence-corrected chi connectivity index (χ3v) is 1.36. The van der Waals surface area contributed by atoms with Gasteiger partial charge in [-0.3, -0.25) is 9.59 Å². The smallest absolute Gasteiger partial charge is 0.323 e. The molecule has 13 heavy (non-hydrogen) atoms. The summed E-state index contributed by atoms with van der Waals surface area (Å²) in [5.41, 5.74) is 0. The van der Waals surface area contributed by atoms with Crippen LogP contribution in [0.2, 0.25) is 0 Å². The van der Waals surface area contributed by atoms with Crippen LogP contribution < -0.4 is 5.32 Å². The van der Waals surface area contributed by atoms with Crippen LogP contribution in [-0.4, -0.2) is 48.6 Å². The van der Waals surface area contributed by atoms with Gasteiger partial charge in [0.05, 0.1) is 6.54 Å². The lowest BCUT2D eigenvalue weighted by atomic mass is 10.4. The summed E-state index contributed by atoms with van der Waals surface area (Å²) in [5, 5.41) is 11.2. The SMILES string of the molecule is C=CCNCC(=O)N(C)CC(=O)O. The molecule has 0 fully saturated rings. The van der Waals surface area contributed by atoms with E-state index < -0.39 is 5.97 Å². The molecule has 0 saturated carbocycles. The first kappa shape index (κ1) is 11.6. The van der Waals surface area contributed by atoms with E-state index in [9.17, 15) is 9.59 Å². The second-order valence-electron chi connectivity index (χ2n) is 2.56. The molecule has 0 aromatic heterocycles. The maximum Gasteiger partial charge on any atom is 0.323 e. The molecule has 5 heteroatoms. The van der Waals surface area contributed by atoms with Crippen LogP contribution in [0.15, 0.2) is 12.7 Å². The predicted octanol–water partition coefficient (Wildman–Crippen LogP) is -0.695. The van der Waals surface area contributed by atoms with E-state index in [1.807, 2.05) is 0 Å². The van der Waals surface area contributed by atoms with E-state index in [0.717, 1.165) is 4.90 Å². The van der Waals surface area contributed by atoms with Crippen LogP contribution in [0.4, 0.5) is 0 Å². The zero-order chi connectivity index (χ0) is 10.3. The molecule has 0 aliphatic heterocycles. The third kappa shape index (κ3) is 5.86. The lowest BCUT2D eigenvalue weighted by Gasteiger charge is -2.14. The molecule has 2 N–H and O–H groups in total. The highest BCUT2D eigenvalue weighted by molar-refractivity contribution is 5.82. The number of aliphatic carboxylic acids is 1. The maximum atomic E-state index is 11.1. The van der Waals surface area contributed by atoms with Crippen molar-refractivity contribution in [2.24, 2.45) is 0 Å². The van der Waals surface area contributed by atoms with Gasteiger partial charge in [-0.15, -0.1) is 6.58 Å². The summed E-state index contributed by atoms with van der Waals surface area (Å²) in [7, 11) is 1.45. The second-order valence-corrected chi connectivity index (χ2v) is 2.56. The lowest BCUT2D eigenvalue weighted by molar-refractivity contribution is -0.143. The number of hydrogen-bond donors (Lipinski definition) is 2. The van der Waals surface area contributed by atoms with E-state index in [4.69, 9.17) is 5.11 Å². The van der Waals surface area contributed by atoms with Crippen molar-refractivity contribution < 1.29 is 14.7 Å². The van der Waals surface area contributed by atoms with Gasteiger partial charge in [-0.05, 0) is 0 Å². The van der Waals surface area contributed by atoms with Crippen molar-refractivity contribution in [2.45, 2.75) is 0 Å². The molecule has 0 aliphatic rings. The van der Waals surface area contributed by atoms with E-state index in [1.54, 1.807) is 6.08 Å². The Hall–Kier alpha value is -1.36. The number of rotatable bonds is 6. The summed E-state index contributed by atoms with van der Waals surface area (Å²) in [6.07, 6.45) is 1.63. The molecule has 0 spiro atoms. The molecule has 0 bridgehead atoms. The number of amides is 1. The molecule has 0 rings (SSSR count). The molecule has 74 valence electrons. The van der Waals surface area contributed by atoms with Crippen LogP contribution in [0.5, 0.6) is 0 Å². The van der Waals surface area contributed by atoms with E-state index in [-0.39, 0.29) is 19.0 Å². The maximum absolute atomic E-state index is 11.1. The van der Waals surface area contributed by atoms with Gasteiger partial charge in [0, 0.05) is 13.6 Å². The fourth-order valence-electron chi connectivity index (χ4n) is 0.707. The monoisotopic (exact) mass is 186 g/mol. The molecule has 0 aromatic rings. The first-order chi connectivity index (χ1) is 6.07. The van der Waals surface area contributed by atoms with Gasteiger partial charge in [-0.1, -0.05) is 6.08 Å². The van der Waals surface area contributed by atoms with Gasteiger partial charge in [-0.2, -0.15) is 0 Å². The van der Waals surface area contributed by atoms with E-state index in [0.29, 0.717) is 6.54 Å². The van der Waals surface area contributed by atoms with Crippen molar-refractivity contribution in [2.75, 3.05) is 26.7 Å². The Bertz CT molecular complexity index is 204. The first-order valence-corrected chi connectivity index (χ1v) is 3.85. The first-order valence-electron chi connectivity index (χ1n) is 3.85.